The summed E-state index contributed by atoms with van der Waals surface area (Å²) in [6, 6.07) is 18.2. The van der Waals surface area contributed by atoms with Crippen LogP contribution in [0.4, 0.5) is 5.69 Å². The molecule has 5 rings (SSSR count). The van der Waals surface area contributed by atoms with E-state index in [9.17, 15) is 15.3 Å². The normalized spacial score (nSPS) is 18.4. The number of nitrogens with zero attached hydrogens (tertiary/aromatic N) is 1. The Morgan fingerprint density at radius 1 is 0.975 bits per heavy atom. The molecule has 0 spiro atoms. The summed E-state index contributed by atoms with van der Waals surface area (Å²) in [5.74, 6) is 0.384. The second kappa shape index (κ2) is 11.1. The second-order valence-corrected chi connectivity index (χ2v) is 10.2. The number of aliphatic hydroxyl groups is 1. The van der Waals surface area contributed by atoms with E-state index >= 15 is 0 Å². The van der Waals surface area contributed by atoms with Crippen molar-refractivity contribution < 1.29 is 24.1 Å². The zero-order valence-corrected chi connectivity index (χ0v) is 23.6. The molecule has 2 aliphatic rings. The molecule has 0 bridgehead atoms. The number of carbonyl (C=O) groups excluding carboxylic acids is 1. The number of nitrogens with one attached hydrogen (secondary N) is 1. The van der Waals surface area contributed by atoms with Crippen molar-refractivity contribution in [2.24, 2.45) is 0 Å². The Balaban J connectivity index is 1.88. The number of Topliss-reactive ketones (excluding diaryl/α,β-unsaturated/α-hetero) is 1. The molecule has 3 aromatic carbocycles. The molecule has 3 aromatic rings. The lowest BCUT2D eigenvalue weighted by Crippen LogP contribution is -2.42. The minimum Gasteiger partial charge on any atom is -0.507 e. The van der Waals surface area contributed by atoms with Crippen LogP contribution in [0.15, 0.2) is 77.5 Å². The van der Waals surface area contributed by atoms with Crippen LogP contribution in [0.3, 0.4) is 0 Å². The number of ether oxygens (including phenoxy) is 3. The predicted molar refractivity (Wildman–Crippen MR) is 157 cm³/mol. The number of hydrogen-bond acceptors (Lipinski definition) is 6. The molecule has 1 aliphatic carbocycles. The smallest absolute Gasteiger partial charge is 0.203 e. The maximum absolute atomic E-state index is 13.8. The topological polar surface area (TPSA) is 92.1 Å². The first-order valence-electron chi connectivity index (χ1n) is 13.0. The van der Waals surface area contributed by atoms with Crippen LogP contribution in [0.25, 0.3) is 5.76 Å². The summed E-state index contributed by atoms with van der Waals surface area (Å²) >= 11 is 6.65. The molecular weight excluding hydrogens is 528 g/mol. The summed E-state index contributed by atoms with van der Waals surface area (Å²) in [5, 5.41) is 21.8. The molecule has 1 heterocycles. The molecule has 0 unspecified atom stereocenters. The molecule has 0 saturated carbocycles. The fourth-order valence-electron chi connectivity index (χ4n) is 5.56. The van der Waals surface area contributed by atoms with Crippen LogP contribution < -0.4 is 19.1 Å². The molecule has 40 heavy (non-hydrogen) atoms. The van der Waals surface area contributed by atoms with Crippen LogP contribution in [-0.4, -0.2) is 38.1 Å². The highest BCUT2D eigenvalue weighted by molar-refractivity contribution is 6.34. The second-order valence-electron chi connectivity index (χ2n) is 9.79. The van der Waals surface area contributed by atoms with Gasteiger partial charge in [0.15, 0.2) is 17.3 Å². The molecule has 1 aliphatic heterocycles. The van der Waals surface area contributed by atoms with Crippen LogP contribution in [0.1, 0.15) is 41.9 Å². The van der Waals surface area contributed by atoms with E-state index in [1.165, 1.54) is 21.3 Å². The van der Waals surface area contributed by atoms with Crippen molar-refractivity contribution in [1.82, 2.24) is 0 Å². The van der Waals surface area contributed by atoms with Crippen molar-refractivity contribution in [3.63, 3.8) is 0 Å². The van der Waals surface area contributed by atoms with Gasteiger partial charge in [-0.2, -0.15) is 0 Å². The van der Waals surface area contributed by atoms with Crippen molar-refractivity contribution in [2.75, 3.05) is 26.2 Å². The summed E-state index contributed by atoms with van der Waals surface area (Å²) in [5.41, 5.74) is 4.29. The fourth-order valence-corrected chi connectivity index (χ4v) is 5.78. The van der Waals surface area contributed by atoms with Gasteiger partial charge < -0.3 is 19.3 Å². The number of hydrogen-bond donors (Lipinski definition) is 2. The monoisotopic (exact) mass is 558 g/mol. The maximum Gasteiger partial charge on any atom is 0.203 e. The molecule has 2 N–H and O–H groups in total. The number of aryl methyl sites for hydroxylation is 1. The Bertz CT molecular complexity index is 1530. The highest BCUT2D eigenvalue weighted by Crippen LogP contribution is 2.51. The van der Waals surface area contributed by atoms with Crippen molar-refractivity contribution >= 4 is 34.7 Å². The lowest BCUT2D eigenvalue weighted by Gasteiger charge is -2.42. The summed E-state index contributed by atoms with van der Waals surface area (Å²) < 4.78 is 16.8. The highest BCUT2D eigenvalue weighted by atomic mass is 35.5. The number of para-hydroxylation sites is 1. The van der Waals surface area contributed by atoms with Crippen LogP contribution in [0.2, 0.25) is 5.02 Å². The maximum atomic E-state index is 13.8. The molecule has 8 heteroatoms. The van der Waals surface area contributed by atoms with Gasteiger partial charge in [0.1, 0.15) is 11.6 Å². The number of halogens is 1. The average Bonchev–Trinajstić information content (AvgIpc) is 2.96. The van der Waals surface area contributed by atoms with Gasteiger partial charge in [-0.05, 0) is 49.6 Å². The van der Waals surface area contributed by atoms with Gasteiger partial charge in [0.2, 0.25) is 5.75 Å². The van der Waals surface area contributed by atoms with E-state index < -0.39 is 5.92 Å². The fraction of sp³-hybridized carbons (Fsp3) is 0.250. The predicted octanol–water partition coefficient (Wildman–Crippen LogP) is 7.23. The van der Waals surface area contributed by atoms with E-state index in [1.54, 1.807) is 23.1 Å². The minimum atomic E-state index is -0.760. The first-order valence-corrected chi connectivity index (χ1v) is 13.4. The molecule has 1 atom stereocenters. The number of allylic oxidation sites excluding steroid dienone is 2. The van der Waals surface area contributed by atoms with Crippen molar-refractivity contribution in [1.29, 1.82) is 5.41 Å². The summed E-state index contributed by atoms with van der Waals surface area (Å²) in [4.78, 5) is 15.5. The number of ketones is 1. The van der Waals surface area contributed by atoms with Gasteiger partial charge >= 0.3 is 0 Å². The zero-order chi connectivity index (χ0) is 28.6. The third kappa shape index (κ3) is 4.60. The number of rotatable bonds is 6. The molecule has 0 amide bonds. The number of amidine groups is 1. The Hall–Kier alpha value is -4.23. The van der Waals surface area contributed by atoms with Gasteiger partial charge in [0.05, 0.1) is 32.0 Å². The third-order valence-corrected chi connectivity index (χ3v) is 7.77. The van der Waals surface area contributed by atoms with Crippen molar-refractivity contribution in [3.8, 4) is 17.2 Å². The Morgan fingerprint density at radius 3 is 2.23 bits per heavy atom. The van der Waals surface area contributed by atoms with Gasteiger partial charge in [0.25, 0.3) is 0 Å². The standard InChI is InChI=1S/C32H31ClN2O5/c1-18-12-14-19(15-13-18)30(37)29-27(20-16-25(38-2)31(40-4)26(17-20)39-3)28-23(10-7-11-24(28)36)35(32(29)34)22-9-6-5-8-21(22)33/h5-6,8-9,12-17,27,34,37H,7,10-11H2,1-4H3/b30-29+,34-32?/t27-/m1/s1. The van der Waals surface area contributed by atoms with Gasteiger partial charge in [-0.1, -0.05) is 53.6 Å². The summed E-state index contributed by atoms with van der Waals surface area (Å²) in [6.45, 7) is 1.96. The van der Waals surface area contributed by atoms with Gasteiger partial charge in [0, 0.05) is 34.7 Å². The molecular formula is C32H31ClN2O5. The van der Waals surface area contributed by atoms with E-state index in [1.807, 2.05) is 49.4 Å². The molecule has 0 fully saturated rings. The number of aliphatic hydroxyl groups excluding tert-OH is 1. The first kappa shape index (κ1) is 27.3. The SMILES string of the molecule is COc1cc([C@@H]2C3=C(CCCC3=O)N(c3ccccc3Cl)C(=N)/C2=C(/O)c2ccc(C)cc2)cc(OC)c1OC. The molecule has 0 radical (unpaired) electrons. The molecule has 7 nitrogen and oxygen atoms in total. The van der Waals surface area contributed by atoms with Gasteiger partial charge in [-0.15, -0.1) is 0 Å². The van der Waals surface area contributed by atoms with Crippen molar-refractivity contribution in [3.05, 3.63) is 99.2 Å². The van der Waals surface area contributed by atoms with E-state index in [0.29, 0.717) is 69.6 Å². The van der Waals surface area contributed by atoms with E-state index in [2.05, 4.69) is 0 Å². The van der Waals surface area contributed by atoms with Crippen LogP contribution in [0, 0.1) is 12.3 Å². The Morgan fingerprint density at radius 2 is 1.62 bits per heavy atom. The number of benzene rings is 3. The average molecular weight is 559 g/mol. The van der Waals surface area contributed by atoms with Crippen LogP contribution in [-0.2, 0) is 4.79 Å². The molecule has 0 aromatic heterocycles. The Labute approximate surface area is 238 Å². The Kier molecular flexibility index (Phi) is 7.59. The third-order valence-electron chi connectivity index (χ3n) is 7.45. The van der Waals surface area contributed by atoms with E-state index in [-0.39, 0.29) is 23.0 Å². The summed E-state index contributed by atoms with van der Waals surface area (Å²) in [7, 11) is 4.58. The van der Waals surface area contributed by atoms with Crippen LogP contribution >= 0.6 is 11.6 Å². The largest absolute Gasteiger partial charge is 0.507 e. The lowest BCUT2D eigenvalue weighted by molar-refractivity contribution is -0.116. The van der Waals surface area contributed by atoms with E-state index in [4.69, 9.17) is 25.8 Å². The molecule has 0 saturated heterocycles. The lowest BCUT2D eigenvalue weighted by atomic mass is 9.73. The quantitative estimate of drug-likeness (QED) is 0.310. The number of methoxy groups -OCH3 is 3. The molecule has 206 valence electrons. The number of carbonyl (C=O) groups is 1. The zero-order valence-electron chi connectivity index (χ0n) is 22.9. The summed E-state index contributed by atoms with van der Waals surface area (Å²) in [6.07, 6.45) is 1.59. The highest BCUT2D eigenvalue weighted by Gasteiger charge is 2.44. The van der Waals surface area contributed by atoms with Crippen LogP contribution in [0.5, 0.6) is 17.2 Å². The first-order chi connectivity index (χ1) is 19.3. The van der Waals surface area contributed by atoms with Gasteiger partial charge in [-0.3, -0.25) is 15.1 Å². The van der Waals surface area contributed by atoms with E-state index in [0.717, 1.165) is 5.56 Å². The minimum absolute atomic E-state index is 0.0402. The number of anilines is 1. The van der Waals surface area contributed by atoms with Gasteiger partial charge in [-0.25, -0.2) is 0 Å². The van der Waals surface area contributed by atoms with Crippen molar-refractivity contribution in [2.45, 2.75) is 32.1 Å².